The van der Waals surface area contributed by atoms with Gasteiger partial charge in [0.2, 0.25) is 0 Å². The van der Waals surface area contributed by atoms with Crippen molar-refractivity contribution in [3.63, 3.8) is 0 Å². The fourth-order valence-corrected chi connectivity index (χ4v) is 4.04. The van der Waals surface area contributed by atoms with Crippen LogP contribution in [0, 0.1) is 11.3 Å². The van der Waals surface area contributed by atoms with Gasteiger partial charge in [0, 0.05) is 12.0 Å². The van der Waals surface area contributed by atoms with Gasteiger partial charge in [-0.15, -0.1) is 0 Å². The molecule has 0 saturated carbocycles. The lowest BCUT2D eigenvalue weighted by Gasteiger charge is -2.37. The van der Waals surface area contributed by atoms with E-state index in [1.165, 1.54) is 11.6 Å². The third kappa shape index (κ3) is 6.55. The minimum atomic E-state index is -0.949. The zero-order valence-electron chi connectivity index (χ0n) is 18.6. The molecule has 0 spiro atoms. The predicted molar refractivity (Wildman–Crippen MR) is 123 cm³/mol. The number of Topliss-reactive ketones (excluding diaryl/α,β-unsaturated/α-hetero) is 1. The molecule has 30 heavy (non-hydrogen) atoms. The second-order valence-electron chi connectivity index (χ2n) is 8.71. The quantitative estimate of drug-likeness (QED) is 0.432. The molecule has 0 saturated heterocycles. The van der Waals surface area contributed by atoms with Gasteiger partial charge in [0.1, 0.15) is 0 Å². The molecule has 1 aliphatic rings. The molecule has 1 aromatic rings. The number of benzene rings is 1. The molecule has 0 aliphatic heterocycles. The van der Waals surface area contributed by atoms with Gasteiger partial charge >= 0.3 is 5.97 Å². The smallest absolute Gasteiger partial charge is 0.328 e. The highest BCUT2D eigenvalue weighted by Crippen LogP contribution is 2.43. The number of hydrogen-bond acceptors (Lipinski definition) is 2. The highest BCUT2D eigenvalue weighted by Gasteiger charge is 2.37. The number of allylic oxidation sites excluding steroid dienone is 9. The maximum atomic E-state index is 13.0. The molecular weight excluding hydrogens is 372 g/mol. The van der Waals surface area contributed by atoms with Crippen LogP contribution in [0.15, 0.2) is 89.1 Å². The van der Waals surface area contributed by atoms with Gasteiger partial charge in [0.15, 0.2) is 5.78 Å². The monoisotopic (exact) mass is 404 g/mol. The van der Waals surface area contributed by atoms with E-state index >= 15 is 0 Å². The highest BCUT2D eigenvalue weighted by atomic mass is 16.4. The molecule has 3 nitrogen and oxygen atoms in total. The van der Waals surface area contributed by atoms with E-state index in [4.69, 9.17) is 5.11 Å². The largest absolute Gasteiger partial charge is 0.478 e. The summed E-state index contributed by atoms with van der Waals surface area (Å²) in [4.78, 5) is 23.7. The topological polar surface area (TPSA) is 54.4 Å². The lowest BCUT2D eigenvalue weighted by molar-refractivity contribution is -0.131. The molecule has 1 atom stereocenters. The van der Waals surface area contributed by atoms with Crippen LogP contribution in [0.4, 0.5) is 0 Å². The number of aliphatic carboxylic acids is 1. The van der Waals surface area contributed by atoms with Gasteiger partial charge in [-0.25, -0.2) is 4.79 Å². The predicted octanol–water partition coefficient (Wildman–Crippen LogP) is 6.25. The van der Waals surface area contributed by atoms with Crippen molar-refractivity contribution in [1.82, 2.24) is 0 Å². The van der Waals surface area contributed by atoms with Crippen molar-refractivity contribution in [1.29, 1.82) is 0 Å². The summed E-state index contributed by atoms with van der Waals surface area (Å²) in [5, 5.41) is 8.75. The minimum absolute atomic E-state index is 0.0168. The summed E-state index contributed by atoms with van der Waals surface area (Å²) in [5.41, 5.74) is 4.78. The Balaban J connectivity index is 2.17. The van der Waals surface area contributed by atoms with E-state index < -0.39 is 5.97 Å². The average Bonchev–Trinajstić information content (AvgIpc) is 2.65. The van der Waals surface area contributed by atoms with Crippen molar-refractivity contribution in [2.24, 2.45) is 11.3 Å². The van der Waals surface area contributed by atoms with Gasteiger partial charge in [0.05, 0.1) is 0 Å². The Morgan fingerprint density at radius 1 is 1.13 bits per heavy atom. The minimum Gasteiger partial charge on any atom is -0.478 e. The summed E-state index contributed by atoms with van der Waals surface area (Å²) in [6, 6.07) is 10.2. The molecule has 2 rings (SSSR count). The second kappa shape index (κ2) is 10.2. The standard InChI is InChI=1S/C27H32O3/c1-19(10-9-11-20(2)16-25(28)29)14-15-24-21(3)26(30)23(18-27(24,4)5)17-22-12-7-6-8-13-22/h6-16,23H,17-18H2,1-5H3,(H,28,29)/b11-9+,15-14+,19-10+,20-16+/t23-/m1/s1. The number of carbonyl (C=O) groups is 2. The fraction of sp³-hybridized carbons (Fsp3) is 0.333. The van der Waals surface area contributed by atoms with Crippen molar-refractivity contribution in [3.8, 4) is 0 Å². The summed E-state index contributed by atoms with van der Waals surface area (Å²) in [5.74, 6) is -0.688. The fourth-order valence-electron chi connectivity index (χ4n) is 4.04. The lowest BCUT2D eigenvalue weighted by atomic mass is 9.66. The van der Waals surface area contributed by atoms with Crippen LogP contribution in [-0.2, 0) is 16.0 Å². The third-order valence-electron chi connectivity index (χ3n) is 5.54. The van der Waals surface area contributed by atoms with E-state index in [-0.39, 0.29) is 17.1 Å². The zero-order chi connectivity index (χ0) is 22.3. The SMILES string of the molecule is CC1=C(/C=C/C(C)=C/C=C/C(C)=C/C(=O)O)C(C)(C)C[C@@H](Cc2ccccc2)C1=O. The summed E-state index contributed by atoms with van der Waals surface area (Å²) < 4.78 is 0. The van der Waals surface area contributed by atoms with E-state index in [2.05, 4.69) is 32.1 Å². The molecule has 0 bridgehead atoms. The Morgan fingerprint density at radius 2 is 1.80 bits per heavy atom. The third-order valence-corrected chi connectivity index (χ3v) is 5.54. The van der Waals surface area contributed by atoms with Crippen LogP contribution >= 0.6 is 0 Å². The van der Waals surface area contributed by atoms with E-state index in [0.717, 1.165) is 29.6 Å². The van der Waals surface area contributed by atoms with Gasteiger partial charge in [0.25, 0.3) is 0 Å². The molecule has 0 unspecified atom stereocenters. The normalized spacial score (nSPS) is 20.4. The van der Waals surface area contributed by atoms with Gasteiger partial charge in [-0.2, -0.15) is 0 Å². The van der Waals surface area contributed by atoms with Crippen LogP contribution in [-0.4, -0.2) is 16.9 Å². The van der Waals surface area contributed by atoms with Crippen molar-refractivity contribution in [2.45, 2.75) is 47.5 Å². The first-order valence-corrected chi connectivity index (χ1v) is 10.3. The van der Waals surface area contributed by atoms with Crippen LogP contribution in [0.2, 0.25) is 0 Å². The molecule has 0 amide bonds. The summed E-state index contributed by atoms with van der Waals surface area (Å²) in [7, 11) is 0. The molecule has 0 radical (unpaired) electrons. The summed E-state index contributed by atoms with van der Waals surface area (Å²) >= 11 is 0. The van der Waals surface area contributed by atoms with Gasteiger partial charge in [-0.1, -0.05) is 80.1 Å². The summed E-state index contributed by atoms with van der Waals surface area (Å²) in [6.07, 6.45) is 12.4. The Bertz CT molecular complexity index is 938. The lowest BCUT2D eigenvalue weighted by Crippen LogP contribution is -2.33. The van der Waals surface area contributed by atoms with Crippen LogP contribution in [0.3, 0.4) is 0 Å². The van der Waals surface area contributed by atoms with Crippen LogP contribution in [0.25, 0.3) is 0 Å². The molecule has 0 fully saturated rings. The maximum Gasteiger partial charge on any atom is 0.328 e. The number of ketones is 1. The Morgan fingerprint density at radius 3 is 2.43 bits per heavy atom. The van der Waals surface area contributed by atoms with Crippen molar-refractivity contribution in [3.05, 3.63) is 94.6 Å². The zero-order valence-corrected chi connectivity index (χ0v) is 18.6. The molecule has 1 N–H and O–H groups in total. The first-order chi connectivity index (χ1) is 14.1. The van der Waals surface area contributed by atoms with E-state index in [1.54, 1.807) is 13.0 Å². The van der Waals surface area contributed by atoms with Gasteiger partial charge in [-0.05, 0) is 61.3 Å². The van der Waals surface area contributed by atoms with Crippen molar-refractivity contribution >= 4 is 11.8 Å². The molecule has 1 aromatic carbocycles. The Labute approximate surface area is 180 Å². The van der Waals surface area contributed by atoms with Crippen molar-refractivity contribution in [2.75, 3.05) is 0 Å². The molecular formula is C27H32O3. The number of rotatable bonds is 7. The van der Waals surface area contributed by atoms with E-state index in [0.29, 0.717) is 5.57 Å². The van der Waals surface area contributed by atoms with Crippen LogP contribution in [0.5, 0.6) is 0 Å². The van der Waals surface area contributed by atoms with E-state index in [9.17, 15) is 9.59 Å². The molecule has 0 aromatic heterocycles. The second-order valence-corrected chi connectivity index (χ2v) is 8.71. The molecule has 1 aliphatic carbocycles. The van der Waals surface area contributed by atoms with Crippen LogP contribution < -0.4 is 0 Å². The van der Waals surface area contributed by atoms with E-state index in [1.807, 2.05) is 50.3 Å². The number of carboxylic acids is 1. The van der Waals surface area contributed by atoms with Gasteiger partial charge in [-0.3, -0.25) is 4.79 Å². The number of carboxylic acid groups (broad SMARTS) is 1. The molecule has 0 heterocycles. The molecule has 3 heteroatoms. The van der Waals surface area contributed by atoms with Gasteiger partial charge < -0.3 is 5.11 Å². The van der Waals surface area contributed by atoms with Crippen LogP contribution in [0.1, 0.15) is 46.6 Å². The first-order valence-electron chi connectivity index (χ1n) is 10.3. The Kier molecular flexibility index (Phi) is 7.93. The van der Waals surface area contributed by atoms with Crippen molar-refractivity contribution < 1.29 is 14.7 Å². The number of carbonyl (C=O) groups excluding carboxylic acids is 1. The number of hydrogen-bond donors (Lipinski definition) is 1. The average molecular weight is 405 g/mol. The first kappa shape index (κ1) is 23.3. The molecule has 158 valence electrons. The highest BCUT2D eigenvalue weighted by molar-refractivity contribution is 5.99. The summed E-state index contributed by atoms with van der Waals surface area (Å²) in [6.45, 7) is 10.1. The Hall–Kier alpha value is -2.94. The maximum absolute atomic E-state index is 13.0.